The Morgan fingerprint density at radius 2 is 2.06 bits per heavy atom. The highest BCUT2D eigenvalue weighted by Crippen LogP contribution is 2.23. The summed E-state index contributed by atoms with van der Waals surface area (Å²) in [4.78, 5) is 11.9. The molecule has 0 unspecified atom stereocenters. The molecule has 0 aromatic heterocycles. The number of carbonyl (C=O) groups is 1. The molecule has 18 heavy (non-hydrogen) atoms. The van der Waals surface area contributed by atoms with Gasteiger partial charge in [0.1, 0.15) is 0 Å². The van der Waals surface area contributed by atoms with Crippen LogP contribution in [-0.4, -0.2) is 25.8 Å². The molecular formula is C14H19BrO3. The first kappa shape index (κ1) is 15.2. The largest absolute Gasteiger partial charge is 0.462 e. The predicted molar refractivity (Wildman–Crippen MR) is 75.0 cm³/mol. The van der Waals surface area contributed by atoms with Gasteiger partial charge in [-0.1, -0.05) is 6.07 Å². The van der Waals surface area contributed by atoms with Crippen LogP contribution in [0.15, 0.2) is 16.6 Å². The van der Waals surface area contributed by atoms with Crippen LogP contribution in [0.25, 0.3) is 0 Å². The van der Waals surface area contributed by atoms with Crippen molar-refractivity contribution in [3.05, 3.63) is 33.3 Å². The third-order valence-electron chi connectivity index (χ3n) is 2.78. The van der Waals surface area contributed by atoms with Crippen LogP contribution in [0.4, 0.5) is 0 Å². The topological polar surface area (TPSA) is 35.5 Å². The Hall–Kier alpha value is -0.870. The van der Waals surface area contributed by atoms with Gasteiger partial charge in [-0.05, 0) is 53.9 Å². The van der Waals surface area contributed by atoms with Gasteiger partial charge in [0.15, 0.2) is 0 Å². The van der Waals surface area contributed by atoms with Crippen molar-refractivity contribution >= 4 is 21.9 Å². The number of benzene rings is 1. The number of methoxy groups -OCH3 is 1. The smallest absolute Gasteiger partial charge is 0.339 e. The maximum Gasteiger partial charge on any atom is 0.339 e. The Kier molecular flexibility index (Phi) is 5.82. The van der Waals surface area contributed by atoms with Gasteiger partial charge in [-0.3, -0.25) is 0 Å². The van der Waals surface area contributed by atoms with E-state index in [-0.39, 0.29) is 12.1 Å². The molecule has 0 heterocycles. The first-order chi connectivity index (χ1) is 8.45. The van der Waals surface area contributed by atoms with E-state index in [1.54, 1.807) is 7.11 Å². The van der Waals surface area contributed by atoms with Crippen molar-refractivity contribution in [2.75, 3.05) is 13.7 Å². The zero-order valence-electron chi connectivity index (χ0n) is 11.2. The highest BCUT2D eigenvalue weighted by molar-refractivity contribution is 9.10. The molecule has 1 atom stereocenters. The Bertz CT molecular complexity index is 429. The summed E-state index contributed by atoms with van der Waals surface area (Å²) >= 11 is 3.42. The van der Waals surface area contributed by atoms with Crippen LogP contribution >= 0.6 is 15.9 Å². The summed E-state index contributed by atoms with van der Waals surface area (Å²) < 4.78 is 11.1. The molecule has 0 fully saturated rings. The van der Waals surface area contributed by atoms with Gasteiger partial charge in [0.2, 0.25) is 0 Å². The number of carbonyl (C=O) groups excluding carboxylic acids is 1. The van der Waals surface area contributed by atoms with Crippen LogP contribution in [0, 0.1) is 13.8 Å². The van der Waals surface area contributed by atoms with Gasteiger partial charge >= 0.3 is 5.97 Å². The summed E-state index contributed by atoms with van der Waals surface area (Å²) in [6.07, 6.45) is 0.797. The van der Waals surface area contributed by atoms with Gasteiger partial charge < -0.3 is 9.47 Å². The maximum absolute atomic E-state index is 11.9. The number of aryl methyl sites for hydroxylation is 2. The van der Waals surface area contributed by atoms with Crippen molar-refractivity contribution in [3.8, 4) is 0 Å². The van der Waals surface area contributed by atoms with Gasteiger partial charge in [-0.2, -0.15) is 0 Å². The Labute approximate surface area is 117 Å². The zero-order valence-corrected chi connectivity index (χ0v) is 12.8. The number of hydrogen-bond acceptors (Lipinski definition) is 3. The minimum Gasteiger partial charge on any atom is -0.462 e. The molecule has 0 saturated carbocycles. The molecule has 0 saturated heterocycles. The molecule has 1 aromatic carbocycles. The normalized spacial score (nSPS) is 12.3. The summed E-state index contributed by atoms with van der Waals surface area (Å²) in [5, 5.41) is 0. The lowest BCUT2D eigenvalue weighted by Crippen LogP contribution is -2.13. The Morgan fingerprint density at radius 1 is 1.39 bits per heavy atom. The maximum atomic E-state index is 11.9. The number of ether oxygens (including phenoxy) is 2. The van der Waals surface area contributed by atoms with Gasteiger partial charge in [0.25, 0.3) is 0 Å². The summed E-state index contributed by atoms with van der Waals surface area (Å²) in [7, 11) is 1.65. The monoisotopic (exact) mass is 314 g/mol. The standard InChI is InChI=1S/C14H19BrO3/c1-9-7-10(2)13(15)12(8-9)14(16)18-6-5-11(3)17-4/h7-8,11H,5-6H2,1-4H3/t11-/m1/s1. The molecular weight excluding hydrogens is 296 g/mol. The molecule has 100 valence electrons. The van der Waals surface area contributed by atoms with Crippen molar-refractivity contribution in [2.45, 2.75) is 33.3 Å². The second-order valence-electron chi connectivity index (χ2n) is 4.41. The van der Waals surface area contributed by atoms with Crippen LogP contribution in [-0.2, 0) is 9.47 Å². The second kappa shape index (κ2) is 6.90. The van der Waals surface area contributed by atoms with Crippen molar-refractivity contribution in [3.63, 3.8) is 0 Å². The minimum atomic E-state index is -0.294. The van der Waals surface area contributed by atoms with Crippen LogP contribution < -0.4 is 0 Å². The average molecular weight is 315 g/mol. The molecule has 0 spiro atoms. The van der Waals surface area contributed by atoms with Crippen molar-refractivity contribution in [2.24, 2.45) is 0 Å². The molecule has 0 amide bonds. The molecule has 0 bridgehead atoms. The van der Waals surface area contributed by atoms with E-state index in [0.717, 1.165) is 15.6 Å². The summed E-state index contributed by atoms with van der Waals surface area (Å²) in [5.41, 5.74) is 2.66. The fourth-order valence-electron chi connectivity index (χ4n) is 1.61. The van der Waals surface area contributed by atoms with E-state index >= 15 is 0 Å². The quantitative estimate of drug-likeness (QED) is 0.778. The number of hydrogen-bond donors (Lipinski definition) is 0. The molecule has 1 aromatic rings. The number of halogens is 1. The van der Waals surface area contributed by atoms with Gasteiger partial charge in [0.05, 0.1) is 18.3 Å². The van der Waals surface area contributed by atoms with Crippen LogP contribution in [0.1, 0.15) is 34.8 Å². The summed E-state index contributed by atoms with van der Waals surface area (Å²) in [6, 6.07) is 3.85. The molecule has 0 N–H and O–H groups in total. The van der Waals surface area contributed by atoms with Gasteiger partial charge in [0, 0.05) is 18.0 Å². The van der Waals surface area contributed by atoms with Crippen molar-refractivity contribution in [1.29, 1.82) is 0 Å². The van der Waals surface area contributed by atoms with E-state index in [2.05, 4.69) is 15.9 Å². The lowest BCUT2D eigenvalue weighted by Gasteiger charge is -2.11. The van der Waals surface area contributed by atoms with Crippen LogP contribution in [0.2, 0.25) is 0 Å². The van der Waals surface area contributed by atoms with E-state index in [0.29, 0.717) is 18.6 Å². The van der Waals surface area contributed by atoms with Crippen LogP contribution in [0.5, 0.6) is 0 Å². The van der Waals surface area contributed by atoms with E-state index < -0.39 is 0 Å². The highest BCUT2D eigenvalue weighted by Gasteiger charge is 2.14. The van der Waals surface area contributed by atoms with E-state index in [1.165, 1.54) is 0 Å². The molecule has 0 aliphatic carbocycles. The molecule has 1 rings (SSSR count). The lowest BCUT2D eigenvalue weighted by atomic mass is 10.1. The summed E-state index contributed by atoms with van der Waals surface area (Å²) in [6.45, 7) is 6.23. The van der Waals surface area contributed by atoms with Gasteiger partial charge in [-0.15, -0.1) is 0 Å². The zero-order chi connectivity index (χ0) is 13.7. The Morgan fingerprint density at radius 3 is 2.67 bits per heavy atom. The third-order valence-corrected chi connectivity index (χ3v) is 3.83. The van der Waals surface area contributed by atoms with E-state index in [9.17, 15) is 4.79 Å². The molecule has 0 aliphatic rings. The number of esters is 1. The first-order valence-corrected chi connectivity index (χ1v) is 6.71. The molecule has 0 radical (unpaired) electrons. The highest BCUT2D eigenvalue weighted by atomic mass is 79.9. The molecule has 4 heteroatoms. The first-order valence-electron chi connectivity index (χ1n) is 5.92. The fourth-order valence-corrected chi connectivity index (χ4v) is 2.00. The average Bonchev–Trinajstić information content (AvgIpc) is 2.33. The van der Waals surface area contributed by atoms with Gasteiger partial charge in [-0.25, -0.2) is 4.79 Å². The number of rotatable bonds is 5. The summed E-state index contributed by atoms with van der Waals surface area (Å²) in [5.74, 6) is -0.294. The minimum absolute atomic E-state index is 0.0977. The van der Waals surface area contributed by atoms with Crippen molar-refractivity contribution in [1.82, 2.24) is 0 Å². The van der Waals surface area contributed by atoms with E-state index in [1.807, 2.05) is 32.9 Å². The molecule has 0 aliphatic heterocycles. The van der Waals surface area contributed by atoms with Crippen molar-refractivity contribution < 1.29 is 14.3 Å². The Balaban J connectivity index is 2.67. The molecule has 3 nitrogen and oxygen atoms in total. The lowest BCUT2D eigenvalue weighted by molar-refractivity contribution is 0.0389. The van der Waals surface area contributed by atoms with Crippen LogP contribution in [0.3, 0.4) is 0 Å². The predicted octanol–water partition coefficient (Wildman–Crippen LogP) is 3.65. The SMILES string of the molecule is CO[C@H](C)CCOC(=O)c1cc(C)cc(C)c1Br. The van der Waals surface area contributed by atoms with E-state index in [4.69, 9.17) is 9.47 Å². The second-order valence-corrected chi connectivity index (χ2v) is 5.21. The fraction of sp³-hybridized carbons (Fsp3) is 0.500. The third kappa shape index (κ3) is 4.10.